The second-order valence-electron chi connectivity index (χ2n) is 7.68. The molecule has 142 valence electrons. The van der Waals surface area contributed by atoms with Gasteiger partial charge in [-0.3, -0.25) is 14.7 Å². The normalized spacial score (nSPS) is 22.5. The number of fused-ring (bicyclic) bond motifs is 4. The van der Waals surface area contributed by atoms with E-state index in [2.05, 4.69) is 20.9 Å². The van der Waals surface area contributed by atoms with Crippen LogP contribution in [0.15, 0.2) is 48.7 Å². The fraction of sp³-hybridized carbons (Fsp3) is 0.455. The zero-order valence-electron chi connectivity index (χ0n) is 15.9. The molecule has 0 radical (unpaired) electrons. The molecule has 0 N–H and O–H groups in total. The molecule has 0 saturated carbocycles. The highest BCUT2D eigenvalue weighted by Gasteiger charge is 2.36. The molecule has 1 aromatic carbocycles. The minimum Gasteiger partial charge on any atom is -0.497 e. The summed E-state index contributed by atoms with van der Waals surface area (Å²) < 4.78 is 5.20. The Balaban J connectivity index is 1.41. The molecule has 27 heavy (non-hydrogen) atoms. The first-order chi connectivity index (χ1) is 13.2. The van der Waals surface area contributed by atoms with Crippen LogP contribution in [0.4, 0.5) is 0 Å². The van der Waals surface area contributed by atoms with Crippen LogP contribution >= 0.6 is 0 Å². The Labute approximate surface area is 161 Å². The van der Waals surface area contributed by atoms with Crippen LogP contribution in [-0.4, -0.2) is 53.5 Å². The van der Waals surface area contributed by atoms with E-state index < -0.39 is 0 Å². The third-order valence-electron chi connectivity index (χ3n) is 5.74. The van der Waals surface area contributed by atoms with Crippen LogP contribution < -0.4 is 4.74 Å². The number of methoxy groups -OCH3 is 1. The molecule has 0 aliphatic carbocycles. The second kappa shape index (κ2) is 8.09. The molecule has 3 aliphatic rings. The first kappa shape index (κ1) is 18.0. The maximum absolute atomic E-state index is 13.0. The Morgan fingerprint density at radius 2 is 1.96 bits per heavy atom. The highest BCUT2D eigenvalue weighted by molar-refractivity contribution is 5.79. The molecule has 3 fully saturated rings. The number of benzene rings is 1. The zero-order valence-corrected chi connectivity index (χ0v) is 15.9. The molecular formula is C22H27N3O2. The molecule has 5 nitrogen and oxygen atoms in total. The van der Waals surface area contributed by atoms with Crippen molar-refractivity contribution in [2.75, 3.05) is 26.7 Å². The van der Waals surface area contributed by atoms with Gasteiger partial charge in [-0.15, -0.1) is 0 Å². The van der Waals surface area contributed by atoms with Crippen LogP contribution in [0, 0.1) is 5.92 Å². The van der Waals surface area contributed by atoms with Gasteiger partial charge in [-0.05, 0) is 48.6 Å². The quantitative estimate of drug-likeness (QED) is 0.817. The van der Waals surface area contributed by atoms with Gasteiger partial charge in [-0.1, -0.05) is 18.2 Å². The van der Waals surface area contributed by atoms with E-state index in [1.165, 1.54) is 6.42 Å². The molecule has 3 aliphatic heterocycles. The van der Waals surface area contributed by atoms with Crippen LogP contribution in [-0.2, 0) is 17.8 Å². The Kier molecular flexibility index (Phi) is 5.39. The fourth-order valence-corrected chi connectivity index (χ4v) is 4.35. The molecular weight excluding hydrogens is 338 g/mol. The predicted molar refractivity (Wildman–Crippen MR) is 104 cm³/mol. The van der Waals surface area contributed by atoms with Crippen molar-refractivity contribution in [3.8, 4) is 5.75 Å². The summed E-state index contributed by atoms with van der Waals surface area (Å²) in [6.45, 7) is 3.76. The minimum atomic E-state index is 0.245. The van der Waals surface area contributed by atoms with Crippen LogP contribution in [0.5, 0.6) is 5.75 Å². The summed E-state index contributed by atoms with van der Waals surface area (Å²) in [4.78, 5) is 22.1. The molecule has 5 rings (SSSR count). The van der Waals surface area contributed by atoms with E-state index >= 15 is 0 Å². The number of carbonyl (C=O) groups is 1. The van der Waals surface area contributed by atoms with Crippen LogP contribution in [0.1, 0.15) is 24.1 Å². The molecule has 1 aromatic heterocycles. The third-order valence-corrected chi connectivity index (χ3v) is 5.74. The molecule has 0 spiro atoms. The molecule has 2 bridgehead atoms. The number of ether oxygens (including phenoxy) is 1. The highest BCUT2D eigenvalue weighted by Crippen LogP contribution is 2.29. The predicted octanol–water partition coefficient (Wildman–Crippen LogP) is 2.76. The molecule has 0 unspecified atom stereocenters. The topological polar surface area (TPSA) is 45.7 Å². The fourth-order valence-electron chi connectivity index (χ4n) is 4.35. The number of nitrogens with zero attached hydrogens (tertiary/aromatic N) is 3. The summed E-state index contributed by atoms with van der Waals surface area (Å²) in [7, 11) is 1.66. The Morgan fingerprint density at radius 1 is 1.11 bits per heavy atom. The monoisotopic (exact) mass is 365 g/mol. The lowest BCUT2D eigenvalue weighted by molar-refractivity contribution is -0.134. The van der Waals surface area contributed by atoms with Gasteiger partial charge in [-0.25, -0.2) is 0 Å². The van der Waals surface area contributed by atoms with Crippen molar-refractivity contribution in [1.82, 2.24) is 14.8 Å². The van der Waals surface area contributed by atoms with Crippen LogP contribution in [0.2, 0.25) is 0 Å². The standard InChI is InChI=1S/C22H27N3O2/c1-27-21-9-6-17(7-10-21)12-22(26)25-14-18-5-8-20(25)16-24(13-18)15-19-4-2-3-11-23-19/h2-4,6-7,9-11,18,20H,5,8,12-16H2,1H3/t18-,20+/m0/s1. The number of rotatable bonds is 5. The summed E-state index contributed by atoms with van der Waals surface area (Å²) in [6.07, 6.45) is 4.65. The second-order valence-corrected chi connectivity index (χ2v) is 7.68. The van der Waals surface area contributed by atoms with Gasteiger partial charge in [0.1, 0.15) is 5.75 Å². The summed E-state index contributed by atoms with van der Waals surface area (Å²) in [6, 6.07) is 14.2. The lowest BCUT2D eigenvalue weighted by Crippen LogP contribution is -2.48. The van der Waals surface area contributed by atoms with E-state index in [4.69, 9.17) is 4.74 Å². The Hall–Kier alpha value is -2.40. The smallest absolute Gasteiger partial charge is 0.227 e. The molecule has 5 heteroatoms. The van der Waals surface area contributed by atoms with Crippen molar-refractivity contribution in [3.63, 3.8) is 0 Å². The van der Waals surface area contributed by atoms with E-state index in [1.807, 2.05) is 42.6 Å². The molecule has 4 heterocycles. The SMILES string of the molecule is COc1ccc(CC(=O)N2C[C@H]3CC[C@@H]2CN(Cc2ccccn2)C3)cc1. The molecule has 3 saturated heterocycles. The van der Waals surface area contributed by atoms with E-state index in [1.54, 1.807) is 7.11 Å². The van der Waals surface area contributed by atoms with Gasteiger partial charge >= 0.3 is 0 Å². The lowest BCUT2D eigenvalue weighted by atomic mass is 9.94. The van der Waals surface area contributed by atoms with Crippen molar-refractivity contribution < 1.29 is 9.53 Å². The van der Waals surface area contributed by atoms with Gasteiger partial charge in [0.2, 0.25) is 5.91 Å². The summed E-state index contributed by atoms with van der Waals surface area (Å²) >= 11 is 0. The van der Waals surface area contributed by atoms with Crippen molar-refractivity contribution in [3.05, 3.63) is 59.9 Å². The number of pyridine rings is 1. The van der Waals surface area contributed by atoms with Gasteiger partial charge in [-0.2, -0.15) is 0 Å². The Morgan fingerprint density at radius 3 is 2.70 bits per heavy atom. The third kappa shape index (κ3) is 4.30. The van der Waals surface area contributed by atoms with Crippen LogP contribution in [0.25, 0.3) is 0 Å². The number of hydrogen-bond acceptors (Lipinski definition) is 4. The maximum atomic E-state index is 13.0. The number of piperidine rings is 1. The van der Waals surface area contributed by atoms with Gasteiger partial charge in [0.25, 0.3) is 0 Å². The first-order valence-electron chi connectivity index (χ1n) is 9.76. The first-order valence-corrected chi connectivity index (χ1v) is 9.76. The largest absolute Gasteiger partial charge is 0.497 e. The highest BCUT2D eigenvalue weighted by atomic mass is 16.5. The summed E-state index contributed by atoms with van der Waals surface area (Å²) in [5.41, 5.74) is 2.15. The van der Waals surface area contributed by atoms with Gasteiger partial charge in [0.15, 0.2) is 0 Å². The number of carbonyl (C=O) groups excluding carboxylic acids is 1. The number of amides is 1. The Bertz CT molecular complexity index is 763. The summed E-state index contributed by atoms with van der Waals surface area (Å²) in [5.74, 6) is 1.63. The van der Waals surface area contributed by atoms with E-state index in [0.29, 0.717) is 18.4 Å². The lowest BCUT2D eigenvalue weighted by Gasteiger charge is -2.36. The van der Waals surface area contributed by atoms with E-state index in [-0.39, 0.29) is 5.91 Å². The summed E-state index contributed by atoms with van der Waals surface area (Å²) in [5, 5.41) is 0. The average Bonchev–Trinajstić information content (AvgIpc) is 3.00. The zero-order chi connectivity index (χ0) is 18.6. The van der Waals surface area contributed by atoms with Gasteiger partial charge in [0.05, 0.1) is 19.2 Å². The average molecular weight is 365 g/mol. The van der Waals surface area contributed by atoms with Crippen molar-refractivity contribution in [2.24, 2.45) is 5.92 Å². The van der Waals surface area contributed by atoms with Gasteiger partial charge < -0.3 is 9.64 Å². The van der Waals surface area contributed by atoms with Crippen molar-refractivity contribution in [1.29, 1.82) is 0 Å². The molecule has 2 aromatic rings. The number of aromatic nitrogens is 1. The minimum absolute atomic E-state index is 0.245. The van der Waals surface area contributed by atoms with Crippen molar-refractivity contribution in [2.45, 2.75) is 31.8 Å². The van der Waals surface area contributed by atoms with E-state index in [0.717, 1.165) is 49.6 Å². The van der Waals surface area contributed by atoms with Crippen molar-refractivity contribution >= 4 is 5.91 Å². The van der Waals surface area contributed by atoms with E-state index in [9.17, 15) is 4.79 Å². The van der Waals surface area contributed by atoms with Crippen LogP contribution in [0.3, 0.4) is 0 Å². The van der Waals surface area contributed by atoms with Gasteiger partial charge in [0, 0.05) is 38.4 Å². The molecule has 1 amide bonds. The number of hydrogen-bond donors (Lipinski definition) is 0. The molecule has 2 atom stereocenters. The maximum Gasteiger partial charge on any atom is 0.227 e.